The highest BCUT2D eigenvalue weighted by Crippen LogP contribution is 2.31. The molecule has 3 heteroatoms. The molecule has 0 radical (unpaired) electrons. The van der Waals surface area contributed by atoms with Gasteiger partial charge in [0.25, 0.3) is 0 Å². The Balaban J connectivity index is 2.18. The second-order valence-electron chi connectivity index (χ2n) is 7.09. The largest absolute Gasteiger partial charge is 0.455 e. The van der Waals surface area contributed by atoms with Gasteiger partial charge in [-0.05, 0) is 51.0 Å². The molecule has 0 aliphatic rings. The minimum Gasteiger partial charge on any atom is -0.455 e. The van der Waals surface area contributed by atoms with Crippen LogP contribution >= 0.6 is 0 Å². The second kappa shape index (κ2) is 6.60. The molecule has 0 saturated carbocycles. The average molecular weight is 333 g/mol. The van der Waals surface area contributed by atoms with Crippen molar-refractivity contribution >= 4 is 5.97 Å². The summed E-state index contributed by atoms with van der Waals surface area (Å²) in [6, 6.07) is 20.0. The van der Waals surface area contributed by atoms with E-state index in [-0.39, 0.29) is 5.97 Å². The summed E-state index contributed by atoms with van der Waals surface area (Å²) in [6.07, 6.45) is 2.01. The Hall–Kier alpha value is -2.81. The Bertz CT molecular complexity index is 872. The Kier molecular flexibility index (Phi) is 4.49. The number of para-hydroxylation sites is 1. The minimum atomic E-state index is -0.539. The van der Waals surface area contributed by atoms with Crippen LogP contribution in [0.2, 0.25) is 0 Å². The zero-order valence-electron chi connectivity index (χ0n) is 15.1. The molecule has 0 amide bonds. The van der Waals surface area contributed by atoms with Crippen molar-refractivity contribution in [3.63, 3.8) is 0 Å². The Labute approximate surface area is 148 Å². The van der Waals surface area contributed by atoms with E-state index in [1.54, 1.807) is 0 Å². The van der Waals surface area contributed by atoms with Gasteiger partial charge in [0.05, 0.1) is 0 Å². The molecule has 0 aliphatic heterocycles. The molecule has 1 heterocycles. The molecule has 2 aromatic carbocycles. The van der Waals surface area contributed by atoms with Crippen LogP contribution in [0, 0.1) is 6.92 Å². The SMILES string of the molecule is Cc1c(-c2ccccc2)cn(-c2ccccc2)c1C(=O)OC(C)(C)C. The molecule has 25 heavy (non-hydrogen) atoms. The smallest absolute Gasteiger partial charge is 0.356 e. The number of esters is 1. The van der Waals surface area contributed by atoms with Gasteiger partial charge in [-0.25, -0.2) is 4.79 Å². The van der Waals surface area contributed by atoms with Crippen molar-refractivity contribution < 1.29 is 9.53 Å². The zero-order chi connectivity index (χ0) is 18.0. The first-order valence-electron chi connectivity index (χ1n) is 8.43. The summed E-state index contributed by atoms with van der Waals surface area (Å²) < 4.78 is 7.58. The van der Waals surface area contributed by atoms with Crippen LogP contribution in [0.15, 0.2) is 66.9 Å². The van der Waals surface area contributed by atoms with Gasteiger partial charge in [0.1, 0.15) is 11.3 Å². The summed E-state index contributed by atoms with van der Waals surface area (Å²) >= 11 is 0. The lowest BCUT2D eigenvalue weighted by Gasteiger charge is -2.20. The normalized spacial score (nSPS) is 11.4. The molecule has 0 atom stereocenters. The maximum Gasteiger partial charge on any atom is 0.356 e. The van der Waals surface area contributed by atoms with Crippen LogP contribution in [0.25, 0.3) is 16.8 Å². The van der Waals surface area contributed by atoms with Gasteiger partial charge >= 0.3 is 5.97 Å². The second-order valence-corrected chi connectivity index (χ2v) is 7.09. The first kappa shape index (κ1) is 17.0. The number of ether oxygens (including phenoxy) is 1. The van der Waals surface area contributed by atoms with Crippen LogP contribution < -0.4 is 0 Å². The maximum atomic E-state index is 12.9. The molecule has 3 nitrogen and oxygen atoms in total. The molecule has 0 aliphatic carbocycles. The fraction of sp³-hybridized carbons (Fsp3) is 0.227. The lowest BCUT2D eigenvalue weighted by atomic mass is 10.0. The minimum absolute atomic E-state index is 0.309. The Morgan fingerprint density at radius 3 is 2.04 bits per heavy atom. The summed E-state index contributed by atoms with van der Waals surface area (Å²) in [4.78, 5) is 12.9. The lowest BCUT2D eigenvalue weighted by molar-refractivity contribution is 0.00598. The topological polar surface area (TPSA) is 31.2 Å². The highest BCUT2D eigenvalue weighted by Gasteiger charge is 2.25. The number of benzene rings is 2. The predicted molar refractivity (Wildman–Crippen MR) is 101 cm³/mol. The molecule has 0 fully saturated rings. The number of carbonyl (C=O) groups excluding carboxylic acids is 1. The number of aromatic nitrogens is 1. The van der Waals surface area contributed by atoms with Gasteiger partial charge in [0.15, 0.2) is 0 Å². The summed E-state index contributed by atoms with van der Waals surface area (Å²) in [6.45, 7) is 7.62. The van der Waals surface area contributed by atoms with Crippen LogP contribution in [0.4, 0.5) is 0 Å². The van der Waals surface area contributed by atoms with Crippen LogP contribution in [0.5, 0.6) is 0 Å². The third-order valence-corrected chi connectivity index (χ3v) is 3.97. The van der Waals surface area contributed by atoms with Gasteiger partial charge in [-0.2, -0.15) is 0 Å². The van der Waals surface area contributed by atoms with Crippen LogP contribution in [-0.4, -0.2) is 16.1 Å². The average Bonchev–Trinajstić information content (AvgIpc) is 2.92. The van der Waals surface area contributed by atoms with Gasteiger partial charge in [0.2, 0.25) is 0 Å². The summed E-state index contributed by atoms with van der Waals surface area (Å²) in [5.41, 5.74) is 4.00. The van der Waals surface area contributed by atoms with Gasteiger partial charge in [-0.3, -0.25) is 0 Å². The van der Waals surface area contributed by atoms with E-state index in [1.807, 2.05) is 87.0 Å². The molecule has 1 aromatic heterocycles. The molecule has 0 unspecified atom stereocenters. The van der Waals surface area contributed by atoms with Gasteiger partial charge in [0, 0.05) is 17.4 Å². The Morgan fingerprint density at radius 1 is 0.920 bits per heavy atom. The third kappa shape index (κ3) is 3.66. The molecule has 0 saturated heterocycles. The van der Waals surface area contributed by atoms with Crippen molar-refractivity contribution in [3.8, 4) is 16.8 Å². The molecule has 0 spiro atoms. The quantitative estimate of drug-likeness (QED) is 0.600. The molecule has 3 rings (SSSR count). The third-order valence-electron chi connectivity index (χ3n) is 3.97. The van der Waals surface area contributed by atoms with E-state index in [9.17, 15) is 4.79 Å². The van der Waals surface area contributed by atoms with Crippen molar-refractivity contribution in [2.45, 2.75) is 33.3 Å². The monoisotopic (exact) mass is 333 g/mol. The highest BCUT2D eigenvalue weighted by atomic mass is 16.6. The summed E-state index contributed by atoms with van der Waals surface area (Å²) in [5, 5.41) is 0. The van der Waals surface area contributed by atoms with Gasteiger partial charge < -0.3 is 9.30 Å². The molecular weight excluding hydrogens is 310 g/mol. The first-order chi connectivity index (χ1) is 11.9. The summed E-state index contributed by atoms with van der Waals surface area (Å²) in [7, 11) is 0. The molecule has 0 N–H and O–H groups in total. The van der Waals surface area contributed by atoms with E-state index < -0.39 is 5.60 Å². The highest BCUT2D eigenvalue weighted by molar-refractivity contribution is 5.93. The fourth-order valence-corrected chi connectivity index (χ4v) is 2.88. The van der Waals surface area contributed by atoms with Crippen LogP contribution in [-0.2, 0) is 4.74 Å². The van der Waals surface area contributed by atoms with Gasteiger partial charge in [-0.15, -0.1) is 0 Å². The van der Waals surface area contributed by atoms with Gasteiger partial charge in [-0.1, -0.05) is 48.5 Å². The molecule has 3 aromatic rings. The predicted octanol–water partition coefficient (Wildman–Crippen LogP) is 5.41. The van der Waals surface area contributed by atoms with Crippen LogP contribution in [0.1, 0.15) is 36.8 Å². The van der Waals surface area contributed by atoms with Crippen molar-refractivity contribution in [1.29, 1.82) is 0 Å². The van der Waals surface area contributed by atoms with E-state index in [2.05, 4.69) is 12.1 Å². The standard InChI is InChI=1S/C22H23NO2/c1-16-19(17-11-7-5-8-12-17)15-23(18-13-9-6-10-14-18)20(16)21(24)25-22(2,3)4/h5-15H,1-4H3. The molecule has 128 valence electrons. The van der Waals surface area contributed by atoms with E-state index in [4.69, 9.17) is 4.74 Å². The van der Waals surface area contributed by atoms with Crippen LogP contribution in [0.3, 0.4) is 0 Å². The Morgan fingerprint density at radius 2 is 1.48 bits per heavy atom. The molecule has 0 bridgehead atoms. The fourth-order valence-electron chi connectivity index (χ4n) is 2.88. The number of hydrogen-bond donors (Lipinski definition) is 0. The van der Waals surface area contributed by atoms with E-state index >= 15 is 0 Å². The maximum absolute atomic E-state index is 12.9. The van der Waals surface area contributed by atoms with E-state index in [0.29, 0.717) is 5.69 Å². The summed E-state index contributed by atoms with van der Waals surface area (Å²) in [5.74, 6) is -0.309. The van der Waals surface area contributed by atoms with E-state index in [1.165, 1.54) is 0 Å². The zero-order valence-corrected chi connectivity index (χ0v) is 15.1. The van der Waals surface area contributed by atoms with Crippen molar-refractivity contribution in [1.82, 2.24) is 4.57 Å². The number of nitrogens with zero attached hydrogens (tertiary/aromatic N) is 1. The van der Waals surface area contributed by atoms with Crippen molar-refractivity contribution in [3.05, 3.63) is 78.1 Å². The number of hydrogen-bond acceptors (Lipinski definition) is 2. The van der Waals surface area contributed by atoms with E-state index in [0.717, 1.165) is 22.4 Å². The lowest BCUT2D eigenvalue weighted by Crippen LogP contribution is -2.25. The van der Waals surface area contributed by atoms with Crippen molar-refractivity contribution in [2.75, 3.05) is 0 Å². The van der Waals surface area contributed by atoms with Crippen molar-refractivity contribution in [2.24, 2.45) is 0 Å². The first-order valence-corrected chi connectivity index (χ1v) is 8.43. The number of rotatable bonds is 3. The molecular formula is C22H23NO2. The number of carbonyl (C=O) groups is 1.